The minimum absolute atomic E-state index is 0.217. The highest BCUT2D eigenvalue weighted by Crippen LogP contribution is 2.65. The van der Waals surface area contributed by atoms with Crippen molar-refractivity contribution in [1.29, 1.82) is 0 Å². The quantitative estimate of drug-likeness (QED) is 0.111. The van der Waals surface area contributed by atoms with Gasteiger partial charge in [0.05, 0.1) is 11.4 Å². The summed E-state index contributed by atoms with van der Waals surface area (Å²) in [7, 11) is 0. The first kappa shape index (κ1) is 41.6. The van der Waals surface area contributed by atoms with E-state index in [9.17, 15) is 0 Å². The lowest BCUT2D eigenvalue weighted by molar-refractivity contribution is -0.00462. The lowest BCUT2D eigenvalue weighted by Gasteiger charge is -2.57. The van der Waals surface area contributed by atoms with E-state index < -0.39 is 0 Å². The molecule has 0 amide bonds. The third-order valence-electron chi connectivity index (χ3n) is 19.7. The Bertz CT molecular complexity index is 3120. The summed E-state index contributed by atoms with van der Waals surface area (Å²) in [5.41, 5.74) is 16.3. The third kappa shape index (κ3) is 6.23. The molecule has 9 aromatic carbocycles. The summed E-state index contributed by atoms with van der Waals surface area (Å²) in [5.74, 6) is 5.15. The second kappa shape index (κ2) is 15.2. The Balaban J connectivity index is 1.09. The summed E-state index contributed by atoms with van der Waals surface area (Å²) in [6.45, 7) is 8.83. The van der Waals surface area contributed by atoms with Gasteiger partial charge in [0.25, 0.3) is 0 Å². The zero-order valence-electron chi connectivity index (χ0n) is 41.7. The van der Waals surface area contributed by atoms with Gasteiger partial charge in [0.15, 0.2) is 0 Å². The Morgan fingerprint density at radius 3 is 0.814 bits per heavy atom. The van der Waals surface area contributed by atoms with Crippen LogP contribution in [0.25, 0.3) is 43.1 Å². The minimum atomic E-state index is 0.217. The molecule has 0 saturated heterocycles. The van der Waals surface area contributed by atoms with E-state index in [0.717, 1.165) is 35.5 Å². The summed E-state index contributed by atoms with van der Waals surface area (Å²) >= 11 is 0. The summed E-state index contributed by atoms with van der Waals surface area (Å²) < 4.78 is 0. The standard InChI is InChI=1S/C68H66N2/c1-41-5-13-51(14-6-41)69(52-15-7-42(2)8-16-52)61-27-23-57-63-55(61)21-25-59(67-35-45-29-46(36-67)31-47(30-45)37-67)65(63)58-24-28-62(70(53-17-9-43(3)10-18-53)54-19-11-44(4)12-20-54)56-22-26-60(66(57)64(56)58)68-38-48-32-49(39-68)34-50(33-48)40-68/h5-28,45-50H,29-40H2,1-4H3. The van der Waals surface area contributed by atoms with E-state index in [4.69, 9.17) is 0 Å². The topological polar surface area (TPSA) is 6.48 Å². The molecule has 0 aliphatic heterocycles. The summed E-state index contributed by atoms with van der Waals surface area (Å²) in [4.78, 5) is 5.12. The smallest absolute Gasteiger partial charge is 0.0540 e. The van der Waals surface area contributed by atoms with Crippen molar-refractivity contribution < 1.29 is 0 Å². The molecule has 0 heterocycles. The van der Waals surface area contributed by atoms with Crippen molar-refractivity contribution in [2.24, 2.45) is 35.5 Å². The van der Waals surface area contributed by atoms with E-state index in [-0.39, 0.29) is 10.8 Å². The molecule has 0 N–H and O–H groups in total. The fourth-order valence-corrected chi connectivity index (χ4v) is 17.6. The van der Waals surface area contributed by atoms with Crippen LogP contribution in [-0.4, -0.2) is 0 Å². The second-order valence-electron chi connectivity index (χ2n) is 24.5. The van der Waals surface area contributed by atoms with Gasteiger partial charge in [-0.1, -0.05) is 107 Å². The molecule has 0 unspecified atom stereocenters. The average Bonchev–Trinajstić information content (AvgIpc) is 3.35. The monoisotopic (exact) mass is 911 g/mol. The van der Waals surface area contributed by atoms with Crippen LogP contribution in [0.1, 0.15) is 110 Å². The van der Waals surface area contributed by atoms with Crippen molar-refractivity contribution in [2.75, 3.05) is 9.80 Å². The molecule has 70 heavy (non-hydrogen) atoms. The Labute approximate surface area is 415 Å². The fraction of sp³-hybridized carbons (Fsp3) is 0.353. The van der Waals surface area contributed by atoms with Gasteiger partial charge in [-0.25, -0.2) is 0 Å². The molecule has 0 radical (unpaired) electrons. The maximum Gasteiger partial charge on any atom is 0.0540 e. The van der Waals surface area contributed by atoms with Crippen LogP contribution in [0.2, 0.25) is 0 Å². The van der Waals surface area contributed by atoms with Gasteiger partial charge in [0, 0.05) is 33.5 Å². The van der Waals surface area contributed by atoms with Gasteiger partial charge in [0.2, 0.25) is 0 Å². The molecular formula is C68H66N2. The molecular weight excluding hydrogens is 845 g/mol. The SMILES string of the molecule is Cc1ccc(N(c2ccc(C)cc2)c2ccc3c4c(C56CC7CC(CC(C7)C5)C6)ccc5c(N(c6ccc(C)cc6)c6ccc(C)cc6)ccc(c6c(C78CC9CC(CC(C9)C7)C8)ccc2c36)c54)cc1. The van der Waals surface area contributed by atoms with Crippen molar-refractivity contribution in [3.63, 3.8) is 0 Å². The van der Waals surface area contributed by atoms with E-state index in [1.165, 1.54) is 166 Å². The molecule has 8 aliphatic carbocycles. The number of aryl methyl sites for hydroxylation is 4. The van der Waals surface area contributed by atoms with Crippen LogP contribution in [0.4, 0.5) is 34.1 Å². The van der Waals surface area contributed by atoms with Crippen molar-refractivity contribution in [2.45, 2.75) is 116 Å². The minimum Gasteiger partial charge on any atom is -0.310 e. The molecule has 8 bridgehead atoms. The van der Waals surface area contributed by atoms with Crippen LogP contribution in [-0.2, 0) is 10.8 Å². The highest BCUT2D eigenvalue weighted by Gasteiger charge is 2.54. The zero-order valence-corrected chi connectivity index (χ0v) is 41.7. The van der Waals surface area contributed by atoms with E-state index in [2.05, 4.69) is 183 Å². The first-order valence-electron chi connectivity index (χ1n) is 27.2. The predicted octanol–water partition coefficient (Wildman–Crippen LogP) is 18.8. The molecule has 17 rings (SSSR count). The predicted molar refractivity (Wildman–Crippen MR) is 296 cm³/mol. The number of rotatable bonds is 8. The summed E-state index contributed by atoms with van der Waals surface area (Å²) in [6.07, 6.45) is 16.8. The Morgan fingerprint density at radius 1 is 0.286 bits per heavy atom. The number of benzene rings is 9. The van der Waals surface area contributed by atoms with E-state index in [1.54, 1.807) is 21.9 Å². The van der Waals surface area contributed by atoms with Crippen molar-refractivity contribution in [3.8, 4) is 0 Å². The molecule has 8 saturated carbocycles. The summed E-state index contributed by atoms with van der Waals surface area (Å²) in [5, 5.41) is 11.8. The number of hydrogen-bond acceptors (Lipinski definition) is 2. The molecule has 2 nitrogen and oxygen atoms in total. The molecule has 348 valence electrons. The summed E-state index contributed by atoms with van der Waals surface area (Å²) in [6, 6.07) is 57.8. The van der Waals surface area contributed by atoms with Crippen LogP contribution < -0.4 is 9.80 Å². The maximum atomic E-state index is 2.68. The Hall–Kier alpha value is -6.12. The van der Waals surface area contributed by atoms with Gasteiger partial charge in [-0.15, -0.1) is 0 Å². The second-order valence-corrected chi connectivity index (χ2v) is 24.5. The lowest BCUT2D eigenvalue weighted by atomic mass is 9.47. The molecule has 0 atom stereocenters. The van der Waals surface area contributed by atoms with Crippen molar-refractivity contribution >= 4 is 77.2 Å². The van der Waals surface area contributed by atoms with E-state index >= 15 is 0 Å². The Morgan fingerprint density at radius 2 is 0.543 bits per heavy atom. The van der Waals surface area contributed by atoms with Crippen LogP contribution in [0.3, 0.4) is 0 Å². The van der Waals surface area contributed by atoms with Gasteiger partial charge < -0.3 is 9.80 Å². The van der Waals surface area contributed by atoms with Crippen LogP contribution in [0.5, 0.6) is 0 Å². The van der Waals surface area contributed by atoms with E-state index in [1.807, 2.05) is 0 Å². The lowest BCUT2D eigenvalue weighted by Crippen LogP contribution is -2.48. The average molecular weight is 911 g/mol. The molecule has 8 aliphatic rings. The number of anilines is 6. The normalized spacial score (nSPS) is 27.4. The highest BCUT2D eigenvalue weighted by molar-refractivity contribution is 6.37. The zero-order chi connectivity index (χ0) is 46.6. The molecule has 0 aromatic heterocycles. The highest BCUT2D eigenvalue weighted by atomic mass is 15.1. The fourth-order valence-electron chi connectivity index (χ4n) is 17.6. The van der Waals surface area contributed by atoms with Gasteiger partial charge in [-0.3, -0.25) is 0 Å². The van der Waals surface area contributed by atoms with Gasteiger partial charge in [-0.2, -0.15) is 0 Å². The maximum absolute atomic E-state index is 2.68. The molecule has 9 aromatic rings. The first-order valence-corrected chi connectivity index (χ1v) is 27.2. The molecule has 2 heteroatoms. The van der Waals surface area contributed by atoms with Crippen molar-refractivity contribution in [1.82, 2.24) is 0 Å². The number of fused-ring (bicyclic) bond motifs is 2. The molecule has 0 spiro atoms. The molecule has 8 fully saturated rings. The Kier molecular flexibility index (Phi) is 9.04. The third-order valence-corrected chi connectivity index (χ3v) is 19.7. The number of hydrogen-bond donors (Lipinski definition) is 0. The van der Waals surface area contributed by atoms with Crippen LogP contribution in [0.15, 0.2) is 146 Å². The largest absolute Gasteiger partial charge is 0.310 e. The van der Waals surface area contributed by atoms with Crippen LogP contribution in [0, 0.1) is 63.2 Å². The van der Waals surface area contributed by atoms with Gasteiger partial charge in [0.1, 0.15) is 0 Å². The van der Waals surface area contributed by atoms with E-state index in [0.29, 0.717) is 0 Å². The first-order chi connectivity index (χ1) is 34.2. The van der Waals surface area contributed by atoms with Crippen molar-refractivity contribution in [3.05, 3.63) is 179 Å². The van der Waals surface area contributed by atoms with Gasteiger partial charge in [-0.05, 0) is 255 Å². The number of nitrogens with zero attached hydrogens (tertiary/aromatic N) is 2. The van der Waals surface area contributed by atoms with Gasteiger partial charge >= 0.3 is 0 Å². The van der Waals surface area contributed by atoms with Crippen LogP contribution >= 0.6 is 0 Å².